The maximum Gasteiger partial charge on any atom is 0.191 e. The maximum absolute atomic E-state index is 14.0. The number of piperidine rings is 1. The number of rotatable bonds is 5. The highest BCUT2D eigenvalue weighted by Gasteiger charge is 2.29. The number of guanidine groups is 1. The fourth-order valence-electron chi connectivity index (χ4n) is 3.98. The van der Waals surface area contributed by atoms with Gasteiger partial charge in [-0.2, -0.15) is 0 Å². The first-order valence-electron chi connectivity index (χ1n) is 10.1. The number of likely N-dealkylation sites (tertiary alicyclic amines) is 1. The summed E-state index contributed by atoms with van der Waals surface area (Å²) in [5.74, 6) is 0.994. The van der Waals surface area contributed by atoms with Crippen molar-refractivity contribution in [1.29, 1.82) is 0 Å². The van der Waals surface area contributed by atoms with Crippen molar-refractivity contribution in [2.75, 3.05) is 44.7 Å². The summed E-state index contributed by atoms with van der Waals surface area (Å²) in [6.45, 7) is 9.30. The third kappa shape index (κ3) is 5.09. The van der Waals surface area contributed by atoms with Crippen molar-refractivity contribution in [3.05, 3.63) is 24.1 Å². The van der Waals surface area contributed by atoms with Crippen LogP contribution in [0.3, 0.4) is 0 Å². The van der Waals surface area contributed by atoms with E-state index >= 15 is 0 Å². The van der Waals surface area contributed by atoms with Crippen LogP contribution in [-0.4, -0.2) is 67.2 Å². The van der Waals surface area contributed by atoms with Gasteiger partial charge in [0.05, 0.1) is 0 Å². The molecule has 7 heteroatoms. The van der Waals surface area contributed by atoms with Crippen molar-refractivity contribution in [3.8, 4) is 0 Å². The van der Waals surface area contributed by atoms with Crippen LogP contribution in [0.5, 0.6) is 0 Å². The number of hydrogen-bond acceptors (Lipinski definition) is 4. The van der Waals surface area contributed by atoms with Crippen LogP contribution in [0.15, 0.2) is 23.3 Å². The fourth-order valence-corrected chi connectivity index (χ4v) is 3.98. The van der Waals surface area contributed by atoms with E-state index in [1.807, 2.05) is 4.90 Å². The first-order chi connectivity index (χ1) is 13.0. The summed E-state index contributed by atoms with van der Waals surface area (Å²) in [6.07, 6.45) is 6.50. The molecule has 0 spiro atoms. The number of nitrogens with zero attached hydrogens (tertiary/aromatic N) is 4. The summed E-state index contributed by atoms with van der Waals surface area (Å²) >= 11 is 0. The van der Waals surface area contributed by atoms with E-state index in [2.05, 4.69) is 39.4 Å². The summed E-state index contributed by atoms with van der Waals surface area (Å²) in [5, 5.41) is 6.98. The largest absolute Gasteiger partial charge is 0.355 e. The maximum atomic E-state index is 14.0. The second-order valence-corrected chi connectivity index (χ2v) is 8.17. The summed E-state index contributed by atoms with van der Waals surface area (Å²) in [4.78, 5) is 13.1. The summed E-state index contributed by atoms with van der Waals surface area (Å²) in [5.41, 5.74) is 0.0941. The van der Waals surface area contributed by atoms with Crippen LogP contribution in [0.4, 0.5) is 10.2 Å². The normalized spacial score (nSPS) is 22.1. The predicted molar refractivity (Wildman–Crippen MR) is 109 cm³/mol. The molecule has 150 valence electrons. The Balaban J connectivity index is 1.50. The zero-order valence-corrected chi connectivity index (χ0v) is 16.8. The van der Waals surface area contributed by atoms with Crippen LogP contribution in [0, 0.1) is 5.82 Å². The van der Waals surface area contributed by atoms with Crippen LogP contribution >= 0.6 is 0 Å². The van der Waals surface area contributed by atoms with Gasteiger partial charge >= 0.3 is 0 Å². The van der Waals surface area contributed by atoms with Gasteiger partial charge in [-0.05, 0) is 58.3 Å². The van der Waals surface area contributed by atoms with Crippen molar-refractivity contribution < 1.29 is 4.39 Å². The predicted octanol–water partition coefficient (Wildman–Crippen LogP) is 2.23. The number of aromatic nitrogens is 1. The number of anilines is 1. The van der Waals surface area contributed by atoms with E-state index in [1.54, 1.807) is 19.3 Å². The molecule has 2 aliphatic heterocycles. The zero-order chi connectivity index (χ0) is 19.3. The zero-order valence-electron chi connectivity index (χ0n) is 16.8. The molecule has 1 aromatic rings. The first kappa shape index (κ1) is 19.9. The van der Waals surface area contributed by atoms with Gasteiger partial charge in [0.15, 0.2) is 17.6 Å². The fraction of sp³-hybridized carbons (Fsp3) is 0.700. The molecule has 2 aliphatic rings. The Kier molecular flexibility index (Phi) is 6.52. The minimum atomic E-state index is -0.260. The molecule has 1 unspecified atom stereocenters. The molecule has 2 fully saturated rings. The summed E-state index contributed by atoms with van der Waals surface area (Å²) in [7, 11) is 1.80. The number of aliphatic imine (C=N–C) groups is 1. The van der Waals surface area contributed by atoms with Gasteiger partial charge in [-0.25, -0.2) is 9.37 Å². The lowest BCUT2D eigenvalue weighted by Crippen LogP contribution is -2.55. The topological polar surface area (TPSA) is 55.8 Å². The number of hydrogen-bond donors (Lipinski definition) is 2. The molecule has 0 radical (unpaired) electrons. The van der Waals surface area contributed by atoms with Crippen molar-refractivity contribution in [2.45, 2.75) is 51.1 Å². The third-order valence-electron chi connectivity index (χ3n) is 5.69. The van der Waals surface area contributed by atoms with Crippen molar-refractivity contribution in [3.63, 3.8) is 0 Å². The average Bonchev–Trinajstić information content (AvgIpc) is 3.14. The Morgan fingerprint density at radius 2 is 2.07 bits per heavy atom. The molecule has 2 saturated heterocycles. The Morgan fingerprint density at radius 1 is 1.30 bits per heavy atom. The SMILES string of the molecule is CN=C(NCC(C)(C)N1CCCCC1)NC1CCN(c2ncccc2F)C1. The van der Waals surface area contributed by atoms with Gasteiger partial charge in [-0.15, -0.1) is 0 Å². The minimum absolute atomic E-state index is 0.0941. The van der Waals surface area contributed by atoms with Gasteiger partial charge < -0.3 is 15.5 Å². The van der Waals surface area contributed by atoms with Gasteiger partial charge in [0.1, 0.15) is 0 Å². The summed E-state index contributed by atoms with van der Waals surface area (Å²) < 4.78 is 14.0. The molecule has 6 nitrogen and oxygen atoms in total. The summed E-state index contributed by atoms with van der Waals surface area (Å²) in [6, 6.07) is 3.32. The van der Waals surface area contributed by atoms with Crippen LogP contribution < -0.4 is 15.5 Å². The molecule has 0 saturated carbocycles. The monoisotopic (exact) mass is 376 g/mol. The minimum Gasteiger partial charge on any atom is -0.355 e. The van der Waals surface area contributed by atoms with E-state index in [9.17, 15) is 4.39 Å². The van der Waals surface area contributed by atoms with Crippen LogP contribution in [-0.2, 0) is 0 Å². The van der Waals surface area contributed by atoms with Gasteiger partial charge in [0.25, 0.3) is 0 Å². The molecular weight excluding hydrogens is 343 g/mol. The Labute approximate surface area is 162 Å². The number of pyridine rings is 1. The highest BCUT2D eigenvalue weighted by molar-refractivity contribution is 5.80. The van der Waals surface area contributed by atoms with E-state index in [1.165, 1.54) is 38.4 Å². The molecule has 1 atom stereocenters. The first-order valence-corrected chi connectivity index (χ1v) is 10.1. The van der Waals surface area contributed by atoms with Gasteiger partial charge in [-0.1, -0.05) is 6.42 Å². The van der Waals surface area contributed by atoms with Crippen molar-refractivity contribution in [1.82, 2.24) is 20.5 Å². The third-order valence-corrected chi connectivity index (χ3v) is 5.69. The lowest BCUT2D eigenvalue weighted by Gasteiger charge is -2.41. The number of nitrogens with one attached hydrogen (secondary N) is 2. The van der Waals surface area contributed by atoms with Crippen LogP contribution in [0.2, 0.25) is 0 Å². The van der Waals surface area contributed by atoms with Gasteiger partial charge in [0.2, 0.25) is 0 Å². The highest BCUT2D eigenvalue weighted by atomic mass is 19.1. The molecular formula is C20H33FN6. The molecule has 0 aromatic carbocycles. The lowest BCUT2D eigenvalue weighted by molar-refractivity contribution is 0.0982. The molecule has 3 heterocycles. The number of halogens is 1. The molecule has 3 rings (SSSR count). The van der Waals surface area contributed by atoms with Crippen LogP contribution in [0.1, 0.15) is 39.5 Å². The molecule has 27 heavy (non-hydrogen) atoms. The molecule has 0 amide bonds. The Hall–Kier alpha value is -1.89. The second-order valence-electron chi connectivity index (χ2n) is 8.17. The second kappa shape index (κ2) is 8.87. The lowest BCUT2D eigenvalue weighted by atomic mass is 9.98. The average molecular weight is 377 g/mol. The Bertz CT molecular complexity index is 641. The van der Waals surface area contributed by atoms with Gasteiger partial charge in [-0.3, -0.25) is 9.89 Å². The van der Waals surface area contributed by atoms with E-state index in [0.717, 1.165) is 32.0 Å². The smallest absolute Gasteiger partial charge is 0.191 e. The van der Waals surface area contributed by atoms with E-state index in [4.69, 9.17) is 0 Å². The van der Waals surface area contributed by atoms with E-state index < -0.39 is 0 Å². The molecule has 0 bridgehead atoms. The molecule has 0 aliphatic carbocycles. The van der Waals surface area contributed by atoms with Crippen molar-refractivity contribution in [2.24, 2.45) is 4.99 Å². The molecule has 2 N–H and O–H groups in total. The van der Waals surface area contributed by atoms with E-state index in [-0.39, 0.29) is 17.4 Å². The Morgan fingerprint density at radius 3 is 2.78 bits per heavy atom. The van der Waals surface area contributed by atoms with Crippen LogP contribution in [0.25, 0.3) is 0 Å². The standard InChI is InChI=1S/C20H33FN6/c1-20(2,27-11-5-4-6-12-27)15-24-19(22-3)25-16-9-13-26(14-16)18-17(21)8-7-10-23-18/h7-8,10,16H,4-6,9,11-15H2,1-3H3,(H2,22,24,25). The van der Waals surface area contributed by atoms with Gasteiger partial charge in [0, 0.05) is 44.5 Å². The molecule has 1 aromatic heterocycles. The van der Waals surface area contributed by atoms with Crippen molar-refractivity contribution >= 4 is 11.8 Å². The quantitative estimate of drug-likeness (QED) is 0.610. The highest BCUT2D eigenvalue weighted by Crippen LogP contribution is 2.21. The van der Waals surface area contributed by atoms with E-state index in [0.29, 0.717) is 5.82 Å².